The van der Waals surface area contributed by atoms with Crippen molar-refractivity contribution in [3.8, 4) is 17.0 Å². The fourth-order valence-corrected chi connectivity index (χ4v) is 2.91. The highest BCUT2D eigenvalue weighted by Gasteiger charge is 2.21. The molecule has 28 heavy (non-hydrogen) atoms. The second-order valence-electron chi connectivity index (χ2n) is 6.15. The van der Waals surface area contributed by atoms with Crippen LogP contribution in [0, 0.1) is 24.0 Å². The molecule has 0 radical (unpaired) electrons. The van der Waals surface area contributed by atoms with Crippen molar-refractivity contribution in [2.75, 3.05) is 13.7 Å². The molecule has 0 saturated carbocycles. The van der Waals surface area contributed by atoms with E-state index >= 15 is 0 Å². The molecule has 10 heteroatoms. The molecule has 146 valence electrons. The highest BCUT2D eigenvalue weighted by atomic mass is 16.6. The monoisotopic (exact) mass is 384 g/mol. The summed E-state index contributed by atoms with van der Waals surface area (Å²) < 4.78 is 6.71. The standard InChI is InChI=1S/C18H20N6O4/c1-11-17(24(26)27)12(2)23(22-11)8-7-19-18(25)16-10-15(20-21-16)13-5-4-6-14(9-13)28-3/h4-6,9-10H,7-8H2,1-3H3,(H,19,25)(H,20,21). The van der Waals surface area contributed by atoms with Gasteiger partial charge in [-0.15, -0.1) is 0 Å². The van der Waals surface area contributed by atoms with E-state index in [4.69, 9.17) is 4.74 Å². The van der Waals surface area contributed by atoms with Gasteiger partial charge in [-0.3, -0.25) is 24.7 Å². The van der Waals surface area contributed by atoms with Gasteiger partial charge in [-0.1, -0.05) is 12.1 Å². The van der Waals surface area contributed by atoms with E-state index in [-0.39, 0.29) is 18.1 Å². The van der Waals surface area contributed by atoms with E-state index < -0.39 is 4.92 Å². The maximum atomic E-state index is 12.3. The first kappa shape index (κ1) is 19.1. The van der Waals surface area contributed by atoms with Gasteiger partial charge in [0.2, 0.25) is 0 Å². The van der Waals surface area contributed by atoms with Crippen LogP contribution in [0.2, 0.25) is 0 Å². The van der Waals surface area contributed by atoms with Crippen LogP contribution in [0.1, 0.15) is 21.9 Å². The average molecular weight is 384 g/mol. The third-order valence-electron chi connectivity index (χ3n) is 4.32. The zero-order valence-electron chi connectivity index (χ0n) is 15.7. The van der Waals surface area contributed by atoms with Gasteiger partial charge in [0.05, 0.1) is 24.3 Å². The van der Waals surface area contributed by atoms with Gasteiger partial charge in [0.1, 0.15) is 22.8 Å². The van der Waals surface area contributed by atoms with Crippen molar-refractivity contribution in [1.82, 2.24) is 25.3 Å². The second-order valence-corrected chi connectivity index (χ2v) is 6.15. The lowest BCUT2D eigenvalue weighted by molar-refractivity contribution is -0.386. The van der Waals surface area contributed by atoms with E-state index in [0.29, 0.717) is 35.1 Å². The molecule has 1 amide bonds. The van der Waals surface area contributed by atoms with E-state index in [0.717, 1.165) is 5.56 Å². The molecule has 10 nitrogen and oxygen atoms in total. The normalized spacial score (nSPS) is 10.7. The molecule has 2 N–H and O–H groups in total. The Labute approximate surface area is 160 Å². The summed E-state index contributed by atoms with van der Waals surface area (Å²) >= 11 is 0. The number of aromatic amines is 1. The summed E-state index contributed by atoms with van der Waals surface area (Å²) in [5.41, 5.74) is 2.58. The Balaban J connectivity index is 1.63. The predicted molar refractivity (Wildman–Crippen MR) is 101 cm³/mol. The molecule has 0 bridgehead atoms. The summed E-state index contributed by atoms with van der Waals surface area (Å²) in [6, 6.07) is 9.02. The fourth-order valence-electron chi connectivity index (χ4n) is 2.91. The maximum Gasteiger partial charge on any atom is 0.312 e. The molecule has 0 aliphatic heterocycles. The Kier molecular flexibility index (Phi) is 5.39. The van der Waals surface area contributed by atoms with Crippen LogP contribution in [-0.4, -0.2) is 44.5 Å². The molecular formula is C18H20N6O4. The number of methoxy groups -OCH3 is 1. The summed E-state index contributed by atoms with van der Waals surface area (Å²) in [7, 11) is 1.58. The van der Waals surface area contributed by atoms with Crippen molar-refractivity contribution in [3.05, 3.63) is 57.5 Å². The zero-order valence-corrected chi connectivity index (χ0v) is 15.7. The number of nitrogens with zero attached hydrogens (tertiary/aromatic N) is 4. The number of aryl methyl sites for hydroxylation is 1. The molecule has 3 rings (SSSR count). The van der Waals surface area contributed by atoms with Crippen molar-refractivity contribution in [2.45, 2.75) is 20.4 Å². The van der Waals surface area contributed by atoms with Crippen LogP contribution < -0.4 is 10.1 Å². The van der Waals surface area contributed by atoms with Gasteiger partial charge >= 0.3 is 5.69 Å². The lowest BCUT2D eigenvalue weighted by atomic mass is 10.1. The number of hydrogen-bond donors (Lipinski definition) is 2. The molecule has 0 aliphatic rings. The topological polar surface area (TPSA) is 128 Å². The Morgan fingerprint density at radius 1 is 1.36 bits per heavy atom. The molecule has 0 fully saturated rings. The highest BCUT2D eigenvalue weighted by Crippen LogP contribution is 2.23. The average Bonchev–Trinajstić information content (AvgIpc) is 3.27. The van der Waals surface area contributed by atoms with E-state index in [1.165, 1.54) is 4.68 Å². The summed E-state index contributed by atoms with van der Waals surface area (Å²) in [6.45, 7) is 3.81. The molecule has 0 saturated heterocycles. The van der Waals surface area contributed by atoms with Gasteiger partial charge < -0.3 is 10.1 Å². The number of aromatic nitrogens is 4. The minimum Gasteiger partial charge on any atom is -0.497 e. The van der Waals surface area contributed by atoms with Gasteiger partial charge in [-0.05, 0) is 32.0 Å². The molecule has 0 aliphatic carbocycles. The van der Waals surface area contributed by atoms with Crippen LogP contribution in [0.3, 0.4) is 0 Å². The van der Waals surface area contributed by atoms with Gasteiger partial charge in [0.25, 0.3) is 5.91 Å². The Hall–Kier alpha value is -3.69. The van der Waals surface area contributed by atoms with Crippen molar-refractivity contribution in [1.29, 1.82) is 0 Å². The van der Waals surface area contributed by atoms with Crippen molar-refractivity contribution in [3.63, 3.8) is 0 Å². The number of ether oxygens (including phenoxy) is 1. The van der Waals surface area contributed by atoms with Gasteiger partial charge in [-0.25, -0.2) is 0 Å². The summed E-state index contributed by atoms with van der Waals surface area (Å²) in [6.07, 6.45) is 0. The number of benzene rings is 1. The molecule has 0 unspecified atom stereocenters. The number of rotatable bonds is 7. The Morgan fingerprint density at radius 3 is 2.82 bits per heavy atom. The third kappa shape index (κ3) is 3.85. The minimum atomic E-state index is -0.447. The summed E-state index contributed by atoms with van der Waals surface area (Å²) in [5, 5.41) is 24.8. The van der Waals surface area contributed by atoms with Crippen LogP contribution in [0.15, 0.2) is 30.3 Å². The smallest absolute Gasteiger partial charge is 0.312 e. The first-order valence-corrected chi connectivity index (χ1v) is 8.57. The zero-order chi connectivity index (χ0) is 20.3. The van der Waals surface area contributed by atoms with Crippen LogP contribution in [0.25, 0.3) is 11.3 Å². The minimum absolute atomic E-state index is 0.00262. The number of nitrogens with one attached hydrogen (secondary N) is 2. The summed E-state index contributed by atoms with van der Waals surface area (Å²) in [5.74, 6) is 0.378. The van der Waals surface area contributed by atoms with Crippen molar-refractivity contribution >= 4 is 11.6 Å². The number of hydrogen-bond acceptors (Lipinski definition) is 6. The molecule has 3 aromatic rings. The molecule has 1 aromatic carbocycles. The highest BCUT2D eigenvalue weighted by molar-refractivity contribution is 5.93. The molecular weight excluding hydrogens is 364 g/mol. The number of H-pyrrole nitrogens is 1. The number of carbonyl (C=O) groups is 1. The SMILES string of the molecule is COc1cccc(-c2cc(C(=O)NCCn3nc(C)c([N+](=O)[O-])c3C)[nH]n2)c1. The lowest BCUT2D eigenvalue weighted by Crippen LogP contribution is -2.28. The first-order valence-electron chi connectivity index (χ1n) is 8.57. The van der Waals surface area contributed by atoms with Crippen LogP contribution in [0.5, 0.6) is 5.75 Å². The number of carbonyl (C=O) groups excluding carboxylic acids is 1. The van der Waals surface area contributed by atoms with E-state index in [1.54, 1.807) is 27.0 Å². The molecule has 0 spiro atoms. The van der Waals surface area contributed by atoms with Crippen LogP contribution in [0.4, 0.5) is 5.69 Å². The third-order valence-corrected chi connectivity index (χ3v) is 4.32. The predicted octanol–water partition coefficient (Wildman–Crippen LogP) is 2.24. The quantitative estimate of drug-likeness (QED) is 0.475. The Bertz CT molecular complexity index is 1020. The summed E-state index contributed by atoms with van der Waals surface area (Å²) in [4.78, 5) is 22.9. The maximum absolute atomic E-state index is 12.3. The molecule has 0 atom stereocenters. The second kappa shape index (κ2) is 7.91. The number of nitro groups is 1. The number of amides is 1. The van der Waals surface area contributed by atoms with E-state index in [1.807, 2.05) is 24.3 Å². The molecule has 2 heterocycles. The largest absolute Gasteiger partial charge is 0.497 e. The van der Waals surface area contributed by atoms with Crippen LogP contribution in [-0.2, 0) is 6.54 Å². The van der Waals surface area contributed by atoms with Gasteiger partial charge in [-0.2, -0.15) is 10.2 Å². The van der Waals surface area contributed by atoms with Crippen LogP contribution >= 0.6 is 0 Å². The van der Waals surface area contributed by atoms with E-state index in [2.05, 4.69) is 20.6 Å². The first-order chi connectivity index (χ1) is 13.4. The van der Waals surface area contributed by atoms with Gasteiger partial charge in [0.15, 0.2) is 0 Å². The fraction of sp³-hybridized carbons (Fsp3) is 0.278. The van der Waals surface area contributed by atoms with Gasteiger partial charge in [0, 0.05) is 12.1 Å². The van der Waals surface area contributed by atoms with Crippen molar-refractivity contribution in [2.24, 2.45) is 0 Å². The lowest BCUT2D eigenvalue weighted by Gasteiger charge is -2.05. The Morgan fingerprint density at radius 2 is 2.14 bits per heavy atom. The molecule has 2 aromatic heterocycles. The van der Waals surface area contributed by atoms with Crippen molar-refractivity contribution < 1.29 is 14.5 Å². The van der Waals surface area contributed by atoms with E-state index in [9.17, 15) is 14.9 Å².